The van der Waals surface area contributed by atoms with E-state index in [2.05, 4.69) is 45.0 Å². The van der Waals surface area contributed by atoms with Gasteiger partial charge in [0.05, 0.1) is 6.10 Å². The molecule has 1 saturated carbocycles. The number of aliphatic hydroxyl groups is 1. The Labute approximate surface area is 98.5 Å². The SMILES string of the molecule is C[C@H](O)C1(c2cccc(C(C)(C)C)c2)CC1. The lowest BCUT2D eigenvalue weighted by Crippen LogP contribution is -2.23. The molecule has 1 aromatic carbocycles. The van der Waals surface area contributed by atoms with Crippen LogP contribution >= 0.6 is 0 Å². The quantitative estimate of drug-likeness (QED) is 0.806. The normalized spacial score (nSPS) is 20.6. The van der Waals surface area contributed by atoms with E-state index in [-0.39, 0.29) is 16.9 Å². The Balaban J connectivity index is 2.37. The van der Waals surface area contributed by atoms with Gasteiger partial charge in [-0.2, -0.15) is 0 Å². The van der Waals surface area contributed by atoms with Crippen molar-refractivity contribution in [3.05, 3.63) is 35.4 Å². The lowest BCUT2D eigenvalue weighted by Gasteiger charge is -2.24. The summed E-state index contributed by atoms with van der Waals surface area (Å²) in [6.45, 7) is 8.60. The summed E-state index contributed by atoms with van der Waals surface area (Å²) in [6.07, 6.45) is 2.01. The molecular formula is C15H22O. The molecule has 0 unspecified atom stereocenters. The van der Waals surface area contributed by atoms with Gasteiger partial charge in [-0.15, -0.1) is 0 Å². The number of hydrogen-bond donors (Lipinski definition) is 1. The summed E-state index contributed by atoms with van der Waals surface area (Å²) in [7, 11) is 0. The molecule has 16 heavy (non-hydrogen) atoms. The summed E-state index contributed by atoms with van der Waals surface area (Å²) < 4.78 is 0. The fraction of sp³-hybridized carbons (Fsp3) is 0.600. The average Bonchev–Trinajstić information content (AvgIpc) is 2.97. The van der Waals surface area contributed by atoms with E-state index in [1.165, 1.54) is 11.1 Å². The summed E-state index contributed by atoms with van der Waals surface area (Å²) in [5.41, 5.74) is 2.92. The molecule has 1 aliphatic carbocycles. The van der Waals surface area contributed by atoms with Crippen molar-refractivity contribution in [3.63, 3.8) is 0 Å². The first-order valence-electron chi connectivity index (χ1n) is 6.15. The lowest BCUT2D eigenvalue weighted by atomic mass is 9.82. The van der Waals surface area contributed by atoms with Gasteiger partial charge in [-0.3, -0.25) is 0 Å². The highest BCUT2D eigenvalue weighted by Gasteiger charge is 2.48. The lowest BCUT2D eigenvalue weighted by molar-refractivity contribution is 0.150. The molecule has 88 valence electrons. The minimum atomic E-state index is -0.234. The molecule has 0 aliphatic heterocycles. The maximum absolute atomic E-state index is 9.89. The molecule has 0 spiro atoms. The van der Waals surface area contributed by atoms with Crippen molar-refractivity contribution in [2.75, 3.05) is 0 Å². The minimum absolute atomic E-state index is 0.0568. The molecule has 0 bridgehead atoms. The fourth-order valence-corrected chi connectivity index (χ4v) is 2.38. The van der Waals surface area contributed by atoms with Gasteiger partial charge in [-0.05, 0) is 36.3 Å². The van der Waals surface area contributed by atoms with E-state index in [4.69, 9.17) is 0 Å². The molecular weight excluding hydrogens is 196 g/mol. The standard InChI is InChI=1S/C15H22O/c1-11(16)15(8-9-15)13-7-5-6-12(10-13)14(2,3)4/h5-7,10-11,16H,8-9H2,1-4H3/t11-/m0/s1. The Kier molecular flexibility index (Phi) is 2.62. The summed E-state index contributed by atoms with van der Waals surface area (Å²) in [6, 6.07) is 8.74. The van der Waals surface area contributed by atoms with Crippen LogP contribution in [0, 0.1) is 0 Å². The zero-order valence-electron chi connectivity index (χ0n) is 10.7. The summed E-state index contributed by atoms with van der Waals surface area (Å²) in [5.74, 6) is 0. The molecule has 0 radical (unpaired) electrons. The maximum atomic E-state index is 9.89. The van der Waals surface area contributed by atoms with Crippen molar-refractivity contribution in [1.82, 2.24) is 0 Å². The van der Waals surface area contributed by atoms with Gasteiger partial charge < -0.3 is 5.11 Å². The van der Waals surface area contributed by atoms with Crippen molar-refractivity contribution in [1.29, 1.82) is 0 Å². The molecule has 1 aliphatic rings. The number of hydrogen-bond acceptors (Lipinski definition) is 1. The zero-order chi connectivity index (χ0) is 12.0. The minimum Gasteiger partial charge on any atom is -0.392 e. The molecule has 1 heteroatoms. The van der Waals surface area contributed by atoms with Crippen molar-refractivity contribution in [3.8, 4) is 0 Å². The molecule has 0 heterocycles. The second-order valence-corrected chi connectivity index (χ2v) is 6.16. The topological polar surface area (TPSA) is 20.2 Å². The van der Waals surface area contributed by atoms with Crippen LogP contribution in [0.3, 0.4) is 0 Å². The van der Waals surface area contributed by atoms with Crippen LogP contribution in [-0.2, 0) is 10.8 Å². The van der Waals surface area contributed by atoms with E-state index in [0.717, 1.165) is 12.8 Å². The summed E-state index contributed by atoms with van der Waals surface area (Å²) in [5, 5.41) is 9.89. The molecule has 0 saturated heterocycles. The van der Waals surface area contributed by atoms with E-state index < -0.39 is 0 Å². The molecule has 1 nitrogen and oxygen atoms in total. The first-order valence-corrected chi connectivity index (χ1v) is 6.15. The van der Waals surface area contributed by atoms with Crippen LogP contribution < -0.4 is 0 Å². The van der Waals surface area contributed by atoms with Gasteiger partial charge in [-0.25, -0.2) is 0 Å². The third kappa shape index (κ3) is 1.89. The van der Waals surface area contributed by atoms with Gasteiger partial charge in [0.25, 0.3) is 0 Å². The van der Waals surface area contributed by atoms with E-state index in [1.54, 1.807) is 0 Å². The second-order valence-electron chi connectivity index (χ2n) is 6.16. The number of benzene rings is 1. The monoisotopic (exact) mass is 218 g/mol. The highest BCUT2D eigenvalue weighted by Crippen LogP contribution is 2.51. The van der Waals surface area contributed by atoms with Crippen LogP contribution in [0.5, 0.6) is 0 Å². The van der Waals surface area contributed by atoms with Gasteiger partial charge in [0, 0.05) is 5.41 Å². The fourth-order valence-electron chi connectivity index (χ4n) is 2.38. The van der Waals surface area contributed by atoms with Crippen molar-refractivity contribution in [2.45, 2.75) is 57.5 Å². The molecule has 1 atom stereocenters. The van der Waals surface area contributed by atoms with Crippen LogP contribution in [0.1, 0.15) is 51.7 Å². The van der Waals surface area contributed by atoms with Crippen LogP contribution in [-0.4, -0.2) is 11.2 Å². The van der Waals surface area contributed by atoms with Crippen molar-refractivity contribution >= 4 is 0 Å². The third-order valence-corrected chi connectivity index (χ3v) is 3.89. The Morgan fingerprint density at radius 2 is 1.88 bits per heavy atom. The Morgan fingerprint density at radius 3 is 2.31 bits per heavy atom. The second kappa shape index (κ2) is 3.59. The van der Waals surface area contributed by atoms with Gasteiger partial charge >= 0.3 is 0 Å². The predicted octanol–water partition coefficient (Wildman–Crippen LogP) is 3.40. The van der Waals surface area contributed by atoms with E-state index in [9.17, 15) is 5.11 Å². The first kappa shape index (κ1) is 11.7. The summed E-state index contributed by atoms with van der Waals surface area (Å²) >= 11 is 0. The number of rotatable bonds is 2. The predicted molar refractivity (Wildman–Crippen MR) is 67.7 cm³/mol. The smallest absolute Gasteiger partial charge is 0.0608 e. The molecule has 1 fully saturated rings. The highest BCUT2D eigenvalue weighted by molar-refractivity contribution is 5.38. The Morgan fingerprint density at radius 1 is 1.25 bits per heavy atom. The molecule has 0 aromatic heterocycles. The average molecular weight is 218 g/mol. The Bertz CT molecular complexity index is 381. The van der Waals surface area contributed by atoms with Gasteiger partial charge in [0.2, 0.25) is 0 Å². The molecule has 2 rings (SSSR count). The van der Waals surface area contributed by atoms with Crippen LogP contribution in [0.2, 0.25) is 0 Å². The number of aliphatic hydroxyl groups excluding tert-OH is 1. The van der Waals surface area contributed by atoms with Crippen LogP contribution in [0.15, 0.2) is 24.3 Å². The van der Waals surface area contributed by atoms with Crippen LogP contribution in [0.25, 0.3) is 0 Å². The highest BCUT2D eigenvalue weighted by atomic mass is 16.3. The van der Waals surface area contributed by atoms with Crippen molar-refractivity contribution < 1.29 is 5.11 Å². The first-order chi connectivity index (χ1) is 7.36. The zero-order valence-corrected chi connectivity index (χ0v) is 10.7. The maximum Gasteiger partial charge on any atom is 0.0608 e. The molecule has 1 N–H and O–H groups in total. The third-order valence-electron chi connectivity index (χ3n) is 3.89. The van der Waals surface area contributed by atoms with Gasteiger partial charge in [0.1, 0.15) is 0 Å². The summed E-state index contributed by atoms with van der Waals surface area (Å²) in [4.78, 5) is 0. The van der Waals surface area contributed by atoms with Gasteiger partial charge in [-0.1, -0.05) is 45.0 Å². The van der Waals surface area contributed by atoms with Gasteiger partial charge in [0.15, 0.2) is 0 Å². The van der Waals surface area contributed by atoms with E-state index >= 15 is 0 Å². The Hall–Kier alpha value is -0.820. The molecule has 0 amide bonds. The van der Waals surface area contributed by atoms with Crippen molar-refractivity contribution in [2.24, 2.45) is 0 Å². The largest absolute Gasteiger partial charge is 0.392 e. The molecule has 1 aromatic rings. The van der Waals surface area contributed by atoms with E-state index in [1.807, 2.05) is 6.92 Å². The van der Waals surface area contributed by atoms with Crippen LogP contribution in [0.4, 0.5) is 0 Å². The van der Waals surface area contributed by atoms with E-state index in [0.29, 0.717) is 0 Å².